The van der Waals surface area contributed by atoms with Gasteiger partial charge in [0.15, 0.2) is 0 Å². The third-order valence-corrected chi connectivity index (χ3v) is 2.98. The van der Waals surface area contributed by atoms with Gasteiger partial charge in [-0.15, -0.1) is 0 Å². The first-order chi connectivity index (χ1) is 7.77. The topological polar surface area (TPSA) is 71.6 Å². The summed E-state index contributed by atoms with van der Waals surface area (Å²) in [5, 5.41) is 10.1. The Morgan fingerprint density at radius 3 is 1.44 bits per heavy atom. The van der Waals surface area contributed by atoms with Gasteiger partial charge in [0.2, 0.25) is 0 Å². The van der Waals surface area contributed by atoms with Gasteiger partial charge in [-0.3, -0.25) is 0 Å². The van der Waals surface area contributed by atoms with Crippen LogP contribution in [-0.2, 0) is 4.79 Å². The quantitative estimate of drug-likeness (QED) is 0.434. The van der Waals surface area contributed by atoms with Crippen LogP contribution < -0.4 is 74.0 Å². The van der Waals surface area contributed by atoms with E-state index in [1.807, 2.05) is 0 Å². The van der Waals surface area contributed by atoms with E-state index in [1.165, 1.54) is 57.8 Å². The molecule has 0 bridgehead atoms. The van der Waals surface area contributed by atoms with Crippen LogP contribution in [0, 0.1) is 0 Å². The van der Waals surface area contributed by atoms with Crippen LogP contribution in [0.3, 0.4) is 0 Å². The second-order valence-corrected chi connectivity index (χ2v) is 4.66. The molecule has 3 nitrogen and oxygen atoms in total. The van der Waals surface area contributed by atoms with Crippen LogP contribution in [0.5, 0.6) is 0 Å². The molecule has 18 heavy (non-hydrogen) atoms. The van der Waals surface area contributed by atoms with Crippen LogP contribution >= 0.6 is 0 Å². The molecule has 0 aromatic heterocycles. The molecule has 0 spiro atoms. The maximum atomic E-state index is 10.1. The molecule has 2 N–H and O–H groups in total. The number of rotatable bonds is 12. The van der Waals surface area contributed by atoms with Gasteiger partial charge in [0, 0.05) is 5.97 Å². The Hall–Kier alpha value is 1.48. The molecule has 0 unspecified atom stereocenters. The fraction of sp³-hybridized carbons (Fsp3) is 0.929. The minimum atomic E-state index is -0.907. The number of carboxylic acids is 1. The van der Waals surface area contributed by atoms with Gasteiger partial charge in [0.25, 0.3) is 0 Å². The average molecular weight is 378 g/mol. The van der Waals surface area contributed by atoms with Crippen LogP contribution in [0.2, 0.25) is 0 Å². The van der Waals surface area contributed by atoms with E-state index < -0.39 is 5.97 Å². The number of carbonyl (C=O) groups excluding carboxylic acids is 1. The van der Waals surface area contributed by atoms with Gasteiger partial charge >= 0.3 is 68.9 Å². The summed E-state index contributed by atoms with van der Waals surface area (Å²) in [5.74, 6) is -0.907. The Balaban J connectivity index is -0.00000112. The molecule has 104 valence electrons. The van der Waals surface area contributed by atoms with Crippen LogP contribution in [-0.4, -0.2) is 11.4 Å². The smallest absolute Gasteiger partial charge is 0.550 e. The molecule has 0 aliphatic carbocycles. The molecule has 0 aromatic carbocycles. The van der Waals surface area contributed by atoms with E-state index >= 15 is 0 Å². The van der Waals surface area contributed by atoms with Crippen LogP contribution in [0.4, 0.5) is 0 Å². The van der Waals surface area contributed by atoms with Crippen molar-refractivity contribution in [1.82, 2.24) is 0 Å². The Morgan fingerprint density at radius 2 is 1.11 bits per heavy atom. The number of aliphatic carboxylic acids is 1. The fourth-order valence-corrected chi connectivity index (χ4v) is 1.93. The standard InChI is InChI=1S/C14H28O2.Cs.H2O/c1-2-3-4-5-6-7-8-9-10-11-12-13-14(15)16;;/h2-13H2,1H3,(H,15,16);;1H2/q;+1;/p-1. The van der Waals surface area contributed by atoms with Crippen molar-refractivity contribution >= 4 is 5.97 Å². The van der Waals surface area contributed by atoms with Crippen molar-refractivity contribution in [1.29, 1.82) is 0 Å². The third kappa shape index (κ3) is 22.6. The minimum absolute atomic E-state index is 0. The van der Waals surface area contributed by atoms with Crippen LogP contribution in [0.15, 0.2) is 0 Å². The molecular weight excluding hydrogens is 349 g/mol. The molecule has 0 radical (unpaired) electrons. The van der Waals surface area contributed by atoms with Crippen molar-refractivity contribution in [3.63, 3.8) is 0 Å². The van der Waals surface area contributed by atoms with Gasteiger partial charge in [-0.25, -0.2) is 0 Å². The third-order valence-electron chi connectivity index (χ3n) is 2.98. The Labute approximate surface area is 171 Å². The second-order valence-electron chi connectivity index (χ2n) is 4.66. The van der Waals surface area contributed by atoms with Crippen molar-refractivity contribution < 1.29 is 84.3 Å². The summed E-state index contributed by atoms with van der Waals surface area (Å²) in [5.41, 5.74) is 0. The van der Waals surface area contributed by atoms with Crippen LogP contribution in [0.25, 0.3) is 0 Å². The Morgan fingerprint density at radius 1 is 0.778 bits per heavy atom. The number of hydrogen-bond acceptors (Lipinski definition) is 2. The predicted octanol–water partition coefficient (Wildman–Crippen LogP) is -0.383. The molecule has 0 aliphatic rings. The van der Waals surface area contributed by atoms with Gasteiger partial charge in [-0.05, 0) is 12.8 Å². The maximum Gasteiger partial charge on any atom is 1.00 e. The largest absolute Gasteiger partial charge is 1.00 e. The molecule has 0 heterocycles. The summed E-state index contributed by atoms with van der Waals surface area (Å²) in [6.45, 7) is 2.24. The summed E-state index contributed by atoms with van der Waals surface area (Å²) in [4.78, 5) is 10.1. The molecule has 0 fully saturated rings. The average Bonchev–Trinajstić information content (AvgIpc) is 2.25. The summed E-state index contributed by atoms with van der Waals surface area (Å²) < 4.78 is 0. The number of carbonyl (C=O) groups is 1. The Kier molecular flexibility index (Phi) is 28.3. The van der Waals surface area contributed by atoms with Gasteiger partial charge in [-0.1, -0.05) is 71.1 Å². The zero-order chi connectivity index (χ0) is 12.1. The van der Waals surface area contributed by atoms with Gasteiger partial charge < -0.3 is 15.4 Å². The molecule has 0 saturated heterocycles. The first kappa shape index (κ1) is 24.5. The SMILES string of the molecule is CCCCCCCCCCCCCC(=O)[O-].O.[Cs+]. The Bertz CT molecular complexity index is 163. The minimum Gasteiger partial charge on any atom is -0.550 e. The number of carboxylic acid groups (broad SMARTS) is 1. The van der Waals surface area contributed by atoms with Gasteiger partial charge in [0.1, 0.15) is 0 Å². The predicted molar refractivity (Wildman–Crippen MR) is 69.7 cm³/mol. The molecule has 0 aromatic rings. The van der Waals surface area contributed by atoms with E-state index in [2.05, 4.69) is 6.92 Å². The van der Waals surface area contributed by atoms with E-state index in [0.717, 1.165) is 12.8 Å². The van der Waals surface area contributed by atoms with E-state index in [1.54, 1.807) is 0 Å². The van der Waals surface area contributed by atoms with Crippen molar-refractivity contribution in [2.24, 2.45) is 0 Å². The van der Waals surface area contributed by atoms with E-state index in [4.69, 9.17) is 0 Å². The molecule has 0 amide bonds. The number of unbranched alkanes of at least 4 members (excludes halogenated alkanes) is 10. The van der Waals surface area contributed by atoms with Crippen molar-refractivity contribution in [3.05, 3.63) is 0 Å². The second kappa shape index (κ2) is 20.8. The zero-order valence-electron chi connectivity index (χ0n) is 12.3. The first-order valence-electron chi connectivity index (χ1n) is 6.97. The molecule has 0 rings (SSSR count). The normalized spacial score (nSPS) is 9.39. The fourth-order valence-electron chi connectivity index (χ4n) is 1.93. The summed E-state index contributed by atoms with van der Waals surface area (Å²) in [6.07, 6.45) is 14.0. The van der Waals surface area contributed by atoms with Gasteiger partial charge in [0.05, 0.1) is 0 Å². The molecule has 0 aliphatic heterocycles. The molecular formula is C14H29CsO3. The van der Waals surface area contributed by atoms with E-state index in [9.17, 15) is 9.90 Å². The maximum absolute atomic E-state index is 10.1. The van der Waals surface area contributed by atoms with Crippen molar-refractivity contribution in [3.8, 4) is 0 Å². The monoisotopic (exact) mass is 378 g/mol. The van der Waals surface area contributed by atoms with E-state index in [0.29, 0.717) is 0 Å². The summed E-state index contributed by atoms with van der Waals surface area (Å²) in [7, 11) is 0. The molecule has 0 atom stereocenters. The zero-order valence-corrected chi connectivity index (χ0v) is 18.6. The molecule has 4 heteroatoms. The summed E-state index contributed by atoms with van der Waals surface area (Å²) in [6, 6.07) is 0. The van der Waals surface area contributed by atoms with E-state index in [-0.39, 0.29) is 80.8 Å². The van der Waals surface area contributed by atoms with Crippen molar-refractivity contribution in [2.45, 2.75) is 84.0 Å². The first-order valence-corrected chi connectivity index (χ1v) is 6.97. The van der Waals surface area contributed by atoms with Crippen LogP contribution in [0.1, 0.15) is 84.0 Å². The summed E-state index contributed by atoms with van der Waals surface area (Å²) >= 11 is 0. The van der Waals surface area contributed by atoms with Crippen molar-refractivity contribution in [2.75, 3.05) is 0 Å². The molecule has 0 saturated carbocycles. The number of hydrogen-bond donors (Lipinski definition) is 0. The van der Waals surface area contributed by atoms with Gasteiger partial charge in [-0.2, -0.15) is 0 Å².